The summed E-state index contributed by atoms with van der Waals surface area (Å²) in [4.78, 5) is 0. The number of methoxy groups -OCH3 is 1. The molecule has 0 atom stereocenters. The van der Waals surface area contributed by atoms with Crippen molar-refractivity contribution in [2.75, 3.05) is 21.2 Å². The van der Waals surface area contributed by atoms with Crippen LogP contribution < -0.4 is 4.74 Å². The first-order valence-corrected chi connectivity index (χ1v) is 10.0. The maximum absolute atomic E-state index is 9.98. The number of para-hydroxylation sites is 1. The van der Waals surface area contributed by atoms with Crippen molar-refractivity contribution in [3.8, 4) is 16.9 Å². The molecular formula is C24H27N4O2+. The summed E-state index contributed by atoms with van der Waals surface area (Å²) in [5, 5.41) is 18.5. The van der Waals surface area contributed by atoms with Crippen LogP contribution in [0.5, 0.6) is 5.75 Å². The Balaban J connectivity index is 1.60. The molecule has 4 aromatic rings. The standard InChI is InChI=1S/C24H27N4O2/c1-28(2,29)16-18-8-10-19(11-9-18)22-15-14-21(27-17-25-26-24(22)27)13-12-20-6-4-5-7-23(20)30-3/h4-11,14-15,17,29H,12-13,16H2,1-3H3/q+1. The molecule has 30 heavy (non-hydrogen) atoms. The molecule has 2 aromatic carbocycles. The summed E-state index contributed by atoms with van der Waals surface area (Å²) in [7, 11) is 5.23. The third-order valence-electron chi connectivity index (χ3n) is 5.22. The average Bonchev–Trinajstić information content (AvgIpc) is 3.22. The summed E-state index contributed by atoms with van der Waals surface area (Å²) in [6.07, 6.45) is 3.51. The Labute approximate surface area is 176 Å². The lowest BCUT2D eigenvalue weighted by Crippen LogP contribution is -2.34. The lowest BCUT2D eigenvalue weighted by atomic mass is 10.0. The van der Waals surface area contributed by atoms with Crippen LogP contribution in [0.4, 0.5) is 0 Å². The number of benzene rings is 2. The molecule has 0 aliphatic heterocycles. The van der Waals surface area contributed by atoms with Gasteiger partial charge in [-0.15, -0.1) is 10.2 Å². The van der Waals surface area contributed by atoms with Gasteiger partial charge < -0.3 is 4.74 Å². The monoisotopic (exact) mass is 403 g/mol. The van der Waals surface area contributed by atoms with Crippen molar-refractivity contribution < 1.29 is 14.6 Å². The summed E-state index contributed by atoms with van der Waals surface area (Å²) >= 11 is 0. The van der Waals surface area contributed by atoms with E-state index in [1.807, 2.05) is 30.3 Å². The molecule has 1 N–H and O–H groups in total. The molecule has 0 spiro atoms. The number of aromatic nitrogens is 3. The average molecular weight is 404 g/mol. The highest BCUT2D eigenvalue weighted by Crippen LogP contribution is 2.26. The van der Waals surface area contributed by atoms with Gasteiger partial charge in [0.25, 0.3) is 0 Å². The fourth-order valence-electron chi connectivity index (χ4n) is 3.80. The molecule has 0 amide bonds. The van der Waals surface area contributed by atoms with Crippen LogP contribution in [-0.4, -0.2) is 45.7 Å². The van der Waals surface area contributed by atoms with Gasteiger partial charge in [-0.2, -0.15) is 4.65 Å². The van der Waals surface area contributed by atoms with Crippen molar-refractivity contribution in [2.45, 2.75) is 19.4 Å². The number of hydroxylamine groups is 3. The Hall–Kier alpha value is -3.22. The van der Waals surface area contributed by atoms with Crippen molar-refractivity contribution >= 4 is 5.65 Å². The molecule has 0 fully saturated rings. The lowest BCUT2D eigenvalue weighted by Gasteiger charge is -2.19. The van der Waals surface area contributed by atoms with Crippen LogP contribution in [0.15, 0.2) is 67.0 Å². The molecule has 0 aliphatic rings. The number of hydrogen-bond donors (Lipinski definition) is 1. The number of rotatable bonds is 7. The van der Waals surface area contributed by atoms with Crippen molar-refractivity contribution in [2.24, 2.45) is 0 Å². The zero-order chi connectivity index (χ0) is 21.1. The summed E-state index contributed by atoms with van der Waals surface area (Å²) in [5.41, 5.74) is 6.39. The SMILES string of the molecule is COc1ccccc1CCc1ccc(-c2ccc(C[N+](C)(C)O)cc2)c2nncn12. The quantitative estimate of drug-likeness (QED) is 0.372. The minimum Gasteiger partial charge on any atom is -0.496 e. The van der Waals surface area contributed by atoms with Crippen molar-refractivity contribution in [1.29, 1.82) is 0 Å². The van der Waals surface area contributed by atoms with Gasteiger partial charge in [-0.3, -0.25) is 4.40 Å². The smallest absolute Gasteiger partial charge is 0.168 e. The van der Waals surface area contributed by atoms with E-state index < -0.39 is 0 Å². The van der Waals surface area contributed by atoms with Crippen LogP contribution in [0.2, 0.25) is 0 Å². The Morgan fingerprint density at radius 3 is 2.47 bits per heavy atom. The van der Waals surface area contributed by atoms with Crippen LogP contribution in [0.1, 0.15) is 16.8 Å². The van der Waals surface area contributed by atoms with Crippen LogP contribution in [0.25, 0.3) is 16.8 Å². The first-order chi connectivity index (χ1) is 14.4. The van der Waals surface area contributed by atoms with Gasteiger partial charge in [-0.1, -0.05) is 42.5 Å². The largest absolute Gasteiger partial charge is 0.496 e. The molecule has 0 radical (unpaired) electrons. The molecule has 0 aliphatic carbocycles. The van der Waals surface area contributed by atoms with E-state index >= 15 is 0 Å². The van der Waals surface area contributed by atoms with E-state index in [9.17, 15) is 5.21 Å². The summed E-state index contributed by atoms with van der Waals surface area (Å²) in [6.45, 7) is 0.558. The molecule has 6 heteroatoms. The number of fused-ring (bicyclic) bond motifs is 1. The maximum Gasteiger partial charge on any atom is 0.168 e. The van der Waals surface area contributed by atoms with E-state index in [2.05, 4.69) is 44.9 Å². The van der Waals surface area contributed by atoms with Gasteiger partial charge in [0.1, 0.15) is 18.6 Å². The molecule has 0 saturated heterocycles. The molecule has 6 nitrogen and oxygen atoms in total. The molecule has 0 unspecified atom stereocenters. The normalized spacial score (nSPS) is 11.7. The van der Waals surface area contributed by atoms with Crippen LogP contribution >= 0.6 is 0 Å². The fourth-order valence-corrected chi connectivity index (χ4v) is 3.80. The van der Waals surface area contributed by atoms with Gasteiger partial charge in [0.2, 0.25) is 0 Å². The van der Waals surface area contributed by atoms with Gasteiger partial charge in [0.15, 0.2) is 5.65 Å². The molecular weight excluding hydrogens is 376 g/mol. The van der Waals surface area contributed by atoms with E-state index in [4.69, 9.17) is 4.74 Å². The van der Waals surface area contributed by atoms with E-state index in [1.54, 1.807) is 27.5 Å². The predicted molar refractivity (Wildman–Crippen MR) is 116 cm³/mol. The minimum atomic E-state index is -0.0886. The third kappa shape index (κ3) is 4.35. The first-order valence-electron chi connectivity index (χ1n) is 10.0. The Kier molecular flexibility index (Phi) is 5.53. The molecule has 0 bridgehead atoms. The van der Waals surface area contributed by atoms with Crippen molar-refractivity contribution in [1.82, 2.24) is 14.6 Å². The molecule has 0 saturated carbocycles. The number of ether oxygens (including phenoxy) is 1. The van der Waals surface area contributed by atoms with Crippen LogP contribution in [0.3, 0.4) is 0 Å². The van der Waals surface area contributed by atoms with E-state index in [0.29, 0.717) is 6.54 Å². The van der Waals surface area contributed by atoms with E-state index in [0.717, 1.165) is 46.6 Å². The third-order valence-corrected chi connectivity index (χ3v) is 5.22. The predicted octanol–water partition coefficient (Wildman–Crippen LogP) is 4.16. The number of nitrogens with zero attached hydrogens (tertiary/aromatic N) is 4. The second-order valence-electron chi connectivity index (χ2n) is 8.05. The molecule has 2 aromatic heterocycles. The number of hydrogen-bond acceptors (Lipinski definition) is 4. The topological polar surface area (TPSA) is 59.7 Å². The van der Waals surface area contributed by atoms with Gasteiger partial charge >= 0.3 is 0 Å². The minimum absolute atomic E-state index is 0.0886. The highest BCUT2D eigenvalue weighted by Gasteiger charge is 2.14. The van der Waals surface area contributed by atoms with E-state index in [-0.39, 0.29) is 4.65 Å². The number of pyridine rings is 1. The fraction of sp³-hybridized carbons (Fsp3) is 0.250. The zero-order valence-electron chi connectivity index (χ0n) is 17.6. The summed E-state index contributed by atoms with van der Waals surface area (Å²) < 4.78 is 7.45. The second-order valence-corrected chi connectivity index (χ2v) is 8.05. The highest BCUT2D eigenvalue weighted by atomic mass is 16.5. The molecule has 4 rings (SSSR count). The van der Waals surface area contributed by atoms with Crippen molar-refractivity contribution in [3.05, 3.63) is 83.8 Å². The molecule has 2 heterocycles. The van der Waals surface area contributed by atoms with Gasteiger partial charge in [0, 0.05) is 16.8 Å². The lowest BCUT2D eigenvalue weighted by molar-refractivity contribution is -1.08. The molecule has 154 valence electrons. The van der Waals surface area contributed by atoms with Crippen LogP contribution in [-0.2, 0) is 19.4 Å². The number of aryl methyl sites for hydroxylation is 2. The van der Waals surface area contributed by atoms with Gasteiger partial charge in [-0.05, 0) is 42.2 Å². The number of quaternary nitrogens is 1. The summed E-state index contributed by atoms with van der Waals surface area (Å²) in [5.74, 6) is 0.916. The maximum atomic E-state index is 9.98. The Morgan fingerprint density at radius 2 is 1.73 bits per heavy atom. The highest BCUT2D eigenvalue weighted by molar-refractivity contribution is 5.77. The first kappa shape index (κ1) is 20.1. The van der Waals surface area contributed by atoms with Crippen LogP contribution in [0, 0.1) is 0 Å². The van der Waals surface area contributed by atoms with Gasteiger partial charge in [0.05, 0.1) is 21.2 Å². The second kappa shape index (κ2) is 8.26. The van der Waals surface area contributed by atoms with Gasteiger partial charge in [-0.25, -0.2) is 5.21 Å². The summed E-state index contributed by atoms with van der Waals surface area (Å²) in [6, 6.07) is 20.6. The Bertz CT molecular complexity index is 1140. The van der Waals surface area contributed by atoms with E-state index in [1.165, 1.54) is 5.56 Å². The zero-order valence-corrected chi connectivity index (χ0v) is 17.6. The van der Waals surface area contributed by atoms with Crippen molar-refractivity contribution in [3.63, 3.8) is 0 Å². The Morgan fingerprint density at radius 1 is 0.967 bits per heavy atom.